The summed E-state index contributed by atoms with van der Waals surface area (Å²) >= 11 is 1.43. The van der Waals surface area contributed by atoms with Crippen molar-refractivity contribution >= 4 is 34.6 Å². The molecule has 7 heteroatoms. The van der Waals surface area contributed by atoms with Crippen molar-refractivity contribution in [3.8, 4) is 0 Å². The van der Waals surface area contributed by atoms with Crippen molar-refractivity contribution in [2.45, 2.75) is 6.92 Å². The second kappa shape index (κ2) is 7.37. The summed E-state index contributed by atoms with van der Waals surface area (Å²) in [5, 5.41) is 8.17. The standard InChI is InChI=1S/C15H15N3O3S/c1-10(19)11-4-2-5-12(8-11)17-14(20)9-21-18-15(16)13-6-3-7-22-13/h2-8H,9H2,1H3,(H2,16,18)(H,17,20). The molecular weight excluding hydrogens is 302 g/mol. The molecule has 1 aromatic heterocycles. The molecule has 0 saturated carbocycles. The number of amides is 1. The maximum Gasteiger partial charge on any atom is 0.265 e. The van der Waals surface area contributed by atoms with Gasteiger partial charge < -0.3 is 15.9 Å². The minimum absolute atomic E-state index is 0.0688. The molecule has 0 radical (unpaired) electrons. The molecule has 3 N–H and O–H groups in total. The molecule has 0 fully saturated rings. The zero-order valence-corrected chi connectivity index (χ0v) is 12.7. The molecule has 2 aromatic rings. The molecule has 2 rings (SSSR count). The van der Waals surface area contributed by atoms with Crippen molar-refractivity contribution in [3.63, 3.8) is 0 Å². The zero-order chi connectivity index (χ0) is 15.9. The van der Waals surface area contributed by atoms with Crippen LogP contribution in [0.4, 0.5) is 5.69 Å². The van der Waals surface area contributed by atoms with E-state index in [0.717, 1.165) is 4.88 Å². The number of hydrogen-bond donors (Lipinski definition) is 2. The highest BCUT2D eigenvalue weighted by Crippen LogP contribution is 2.11. The molecular formula is C15H15N3O3S. The lowest BCUT2D eigenvalue weighted by atomic mass is 10.1. The van der Waals surface area contributed by atoms with Crippen LogP contribution in [0.2, 0.25) is 0 Å². The fourth-order valence-electron chi connectivity index (χ4n) is 1.64. The summed E-state index contributed by atoms with van der Waals surface area (Å²) in [6.07, 6.45) is 0. The number of oxime groups is 1. The van der Waals surface area contributed by atoms with E-state index in [0.29, 0.717) is 11.3 Å². The molecule has 0 aliphatic heterocycles. The minimum atomic E-state index is -0.386. The van der Waals surface area contributed by atoms with Crippen LogP contribution in [0.1, 0.15) is 22.2 Å². The average Bonchev–Trinajstić information content (AvgIpc) is 3.01. The summed E-state index contributed by atoms with van der Waals surface area (Å²) in [7, 11) is 0. The normalized spacial score (nSPS) is 11.0. The van der Waals surface area contributed by atoms with Gasteiger partial charge in [-0.1, -0.05) is 23.4 Å². The van der Waals surface area contributed by atoms with Gasteiger partial charge in [0, 0.05) is 11.3 Å². The van der Waals surface area contributed by atoms with Gasteiger partial charge in [0.25, 0.3) is 5.91 Å². The summed E-state index contributed by atoms with van der Waals surface area (Å²) in [6.45, 7) is 1.20. The van der Waals surface area contributed by atoms with Crippen molar-refractivity contribution in [1.82, 2.24) is 0 Å². The van der Waals surface area contributed by atoms with Gasteiger partial charge in [-0.05, 0) is 30.5 Å². The van der Waals surface area contributed by atoms with Crippen molar-refractivity contribution < 1.29 is 14.4 Å². The molecule has 0 bridgehead atoms. The summed E-state index contributed by atoms with van der Waals surface area (Å²) in [6, 6.07) is 10.3. The van der Waals surface area contributed by atoms with Crippen LogP contribution in [0.3, 0.4) is 0 Å². The van der Waals surface area contributed by atoms with E-state index < -0.39 is 0 Å². The number of nitrogens with one attached hydrogen (secondary N) is 1. The lowest BCUT2D eigenvalue weighted by molar-refractivity contribution is -0.120. The first kappa shape index (κ1) is 15.7. The Morgan fingerprint density at radius 1 is 1.32 bits per heavy atom. The Balaban J connectivity index is 1.87. The number of amidine groups is 1. The Hall–Kier alpha value is -2.67. The highest BCUT2D eigenvalue weighted by Gasteiger charge is 2.06. The predicted molar refractivity (Wildman–Crippen MR) is 86.1 cm³/mol. The number of benzene rings is 1. The Morgan fingerprint density at radius 2 is 2.14 bits per heavy atom. The van der Waals surface area contributed by atoms with Crippen LogP contribution in [0.25, 0.3) is 0 Å². The first-order valence-corrected chi connectivity index (χ1v) is 7.34. The van der Waals surface area contributed by atoms with Crippen molar-refractivity contribution in [2.75, 3.05) is 11.9 Å². The van der Waals surface area contributed by atoms with E-state index in [2.05, 4.69) is 10.5 Å². The number of rotatable bonds is 6. The topological polar surface area (TPSA) is 93.8 Å². The number of carbonyl (C=O) groups excluding carboxylic acids is 2. The van der Waals surface area contributed by atoms with Gasteiger partial charge in [0.15, 0.2) is 18.2 Å². The monoisotopic (exact) mass is 317 g/mol. The van der Waals surface area contributed by atoms with E-state index in [1.807, 2.05) is 11.4 Å². The number of nitrogens with two attached hydrogens (primary N) is 1. The molecule has 1 amide bonds. The molecule has 1 heterocycles. The van der Waals surface area contributed by atoms with E-state index in [1.54, 1.807) is 30.3 Å². The second-order valence-corrected chi connectivity index (χ2v) is 5.36. The third kappa shape index (κ3) is 4.42. The van der Waals surface area contributed by atoms with Crippen molar-refractivity contribution in [1.29, 1.82) is 0 Å². The van der Waals surface area contributed by atoms with Crippen molar-refractivity contribution in [3.05, 3.63) is 52.2 Å². The van der Waals surface area contributed by atoms with Crippen LogP contribution in [0, 0.1) is 0 Å². The van der Waals surface area contributed by atoms with E-state index in [4.69, 9.17) is 10.6 Å². The molecule has 0 atom stereocenters. The largest absolute Gasteiger partial charge is 0.384 e. The number of thiophene rings is 1. The highest BCUT2D eigenvalue weighted by molar-refractivity contribution is 7.12. The number of Topliss-reactive ketones (excluding diaryl/α,β-unsaturated/α-hetero) is 1. The van der Waals surface area contributed by atoms with E-state index in [-0.39, 0.29) is 24.1 Å². The van der Waals surface area contributed by atoms with Crippen LogP contribution in [-0.4, -0.2) is 24.1 Å². The number of carbonyl (C=O) groups is 2. The SMILES string of the molecule is CC(=O)c1cccc(NC(=O)CON=C(N)c2cccs2)c1. The molecule has 0 aliphatic rings. The van der Waals surface area contributed by atoms with Crippen LogP contribution < -0.4 is 11.1 Å². The molecule has 1 aromatic carbocycles. The molecule has 0 spiro atoms. The van der Waals surface area contributed by atoms with Crippen LogP contribution in [0.5, 0.6) is 0 Å². The van der Waals surface area contributed by atoms with Gasteiger partial charge in [-0.3, -0.25) is 9.59 Å². The third-order valence-electron chi connectivity index (χ3n) is 2.69. The van der Waals surface area contributed by atoms with Gasteiger partial charge in [-0.25, -0.2) is 0 Å². The van der Waals surface area contributed by atoms with Gasteiger partial charge in [0.05, 0.1) is 4.88 Å². The van der Waals surface area contributed by atoms with Gasteiger partial charge >= 0.3 is 0 Å². The average molecular weight is 317 g/mol. The molecule has 22 heavy (non-hydrogen) atoms. The Bertz CT molecular complexity index is 696. The van der Waals surface area contributed by atoms with Crippen LogP contribution >= 0.6 is 11.3 Å². The maximum absolute atomic E-state index is 11.7. The smallest absolute Gasteiger partial charge is 0.265 e. The number of ketones is 1. The van der Waals surface area contributed by atoms with Gasteiger partial charge in [-0.2, -0.15) is 0 Å². The molecule has 0 aliphatic carbocycles. The van der Waals surface area contributed by atoms with E-state index in [1.165, 1.54) is 18.3 Å². The summed E-state index contributed by atoms with van der Waals surface area (Å²) in [4.78, 5) is 28.7. The van der Waals surface area contributed by atoms with E-state index in [9.17, 15) is 9.59 Å². The van der Waals surface area contributed by atoms with Crippen molar-refractivity contribution in [2.24, 2.45) is 10.9 Å². The molecule has 0 unspecified atom stereocenters. The Kier molecular flexibility index (Phi) is 5.26. The summed E-state index contributed by atoms with van der Waals surface area (Å²) in [5.74, 6) is -0.231. The minimum Gasteiger partial charge on any atom is -0.384 e. The molecule has 0 saturated heterocycles. The van der Waals surface area contributed by atoms with Crippen LogP contribution in [-0.2, 0) is 9.63 Å². The fourth-order valence-corrected chi connectivity index (χ4v) is 2.26. The second-order valence-electron chi connectivity index (χ2n) is 4.41. The summed E-state index contributed by atoms with van der Waals surface area (Å²) in [5.41, 5.74) is 6.75. The first-order chi connectivity index (χ1) is 10.6. The fraction of sp³-hybridized carbons (Fsp3) is 0.133. The van der Waals surface area contributed by atoms with Crippen LogP contribution in [0.15, 0.2) is 46.9 Å². The predicted octanol–water partition coefficient (Wildman–Crippen LogP) is 2.23. The molecule has 114 valence electrons. The third-order valence-corrected chi connectivity index (χ3v) is 3.58. The lowest BCUT2D eigenvalue weighted by Crippen LogP contribution is -2.19. The number of hydrogen-bond acceptors (Lipinski definition) is 5. The Labute approximate surface area is 131 Å². The number of nitrogens with zero attached hydrogens (tertiary/aromatic N) is 1. The highest BCUT2D eigenvalue weighted by atomic mass is 32.1. The van der Waals surface area contributed by atoms with E-state index >= 15 is 0 Å². The Morgan fingerprint density at radius 3 is 2.82 bits per heavy atom. The molecule has 6 nitrogen and oxygen atoms in total. The lowest BCUT2D eigenvalue weighted by Gasteiger charge is -2.05. The van der Waals surface area contributed by atoms with Gasteiger partial charge in [-0.15, -0.1) is 11.3 Å². The zero-order valence-electron chi connectivity index (χ0n) is 11.9. The van der Waals surface area contributed by atoms with Gasteiger partial charge in [0.2, 0.25) is 0 Å². The quantitative estimate of drug-likeness (QED) is 0.370. The maximum atomic E-state index is 11.7. The summed E-state index contributed by atoms with van der Waals surface area (Å²) < 4.78 is 0. The number of anilines is 1. The first-order valence-electron chi connectivity index (χ1n) is 6.46. The van der Waals surface area contributed by atoms with Gasteiger partial charge in [0.1, 0.15) is 0 Å².